The lowest BCUT2D eigenvalue weighted by atomic mass is 9.94. The van der Waals surface area contributed by atoms with E-state index in [-0.39, 0.29) is 5.78 Å². The SMILES string of the molecule is O=C(c1c(CCc2ccccc2)oc2ccccc12)c1c(CCc2ccccc2)oc2ccccc12. The van der Waals surface area contributed by atoms with Crippen LogP contribution in [0.15, 0.2) is 118 Å². The van der Waals surface area contributed by atoms with E-state index in [0.29, 0.717) is 24.0 Å². The monoisotopic (exact) mass is 470 g/mol. The third-order valence-corrected chi connectivity index (χ3v) is 6.76. The topological polar surface area (TPSA) is 43.4 Å². The number of fused-ring (bicyclic) bond motifs is 2. The minimum atomic E-state index is -0.0315. The van der Waals surface area contributed by atoms with Gasteiger partial charge in [-0.3, -0.25) is 4.79 Å². The van der Waals surface area contributed by atoms with E-state index >= 15 is 0 Å². The van der Waals surface area contributed by atoms with E-state index in [2.05, 4.69) is 24.3 Å². The standard InChI is InChI=1S/C33H26O3/c34-33(31-25-15-7-9-17-27(25)35-29(31)21-19-23-11-3-1-4-12-23)32-26-16-8-10-18-28(26)36-30(32)22-20-24-13-5-2-6-14-24/h1-18H,19-22H2. The molecule has 0 aliphatic heterocycles. The Kier molecular flexibility index (Phi) is 5.96. The average molecular weight is 471 g/mol. The first-order chi connectivity index (χ1) is 17.8. The molecule has 176 valence electrons. The molecule has 2 aromatic heterocycles. The molecule has 0 N–H and O–H groups in total. The molecule has 0 aliphatic rings. The van der Waals surface area contributed by atoms with Gasteiger partial charge in [0, 0.05) is 23.6 Å². The summed E-state index contributed by atoms with van der Waals surface area (Å²) in [5, 5.41) is 1.70. The van der Waals surface area contributed by atoms with Crippen LogP contribution in [0.1, 0.15) is 38.6 Å². The summed E-state index contributed by atoms with van der Waals surface area (Å²) in [6.07, 6.45) is 2.89. The quantitative estimate of drug-likeness (QED) is 0.212. The lowest BCUT2D eigenvalue weighted by molar-refractivity contribution is 0.103. The van der Waals surface area contributed by atoms with Crippen LogP contribution in [0.3, 0.4) is 0 Å². The second-order valence-electron chi connectivity index (χ2n) is 9.09. The van der Waals surface area contributed by atoms with Crippen LogP contribution in [0, 0.1) is 0 Å². The number of para-hydroxylation sites is 2. The fraction of sp³-hybridized carbons (Fsp3) is 0.121. The number of ketones is 1. The van der Waals surface area contributed by atoms with E-state index in [0.717, 1.165) is 46.3 Å². The number of benzene rings is 4. The zero-order chi connectivity index (χ0) is 24.3. The summed E-state index contributed by atoms with van der Waals surface area (Å²) in [5.74, 6) is 1.42. The molecule has 6 rings (SSSR count). The summed E-state index contributed by atoms with van der Waals surface area (Å²) in [6, 6.07) is 36.2. The fourth-order valence-electron chi connectivity index (χ4n) is 4.97. The number of aryl methyl sites for hydroxylation is 4. The number of furan rings is 2. The van der Waals surface area contributed by atoms with Crippen molar-refractivity contribution in [3.05, 3.63) is 143 Å². The summed E-state index contributed by atoms with van der Waals surface area (Å²) < 4.78 is 12.5. The number of carbonyl (C=O) groups is 1. The maximum atomic E-state index is 14.3. The molecular formula is C33H26O3. The first-order valence-corrected chi connectivity index (χ1v) is 12.4. The van der Waals surface area contributed by atoms with Gasteiger partial charge >= 0.3 is 0 Å². The Morgan fingerprint density at radius 3 is 1.31 bits per heavy atom. The van der Waals surface area contributed by atoms with Gasteiger partial charge in [0.1, 0.15) is 22.7 Å². The first kappa shape index (κ1) is 22.1. The maximum absolute atomic E-state index is 14.3. The van der Waals surface area contributed by atoms with Gasteiger partial charge in [0.05, 0.1) is 11.1 Å². The Morgan fingerprint density at radius 1 is 0.472 bits per heavy atom. The Morgan fingerprint density at radius 2 is 0.861 bits per heavy atom. The van der Waals surface area contributed by atoms with Crippen LogP contribution < -0.4 is 0 Å². The normalized spacial score (nSPS) is 11.3. The largest absolute Gasteiger partial charge is 0.460 e. The van der Waals surface area contributed by atoms with Crippen molar-refractivity contribution in [2.75, 3.05) is 0 Å². The highest BCUT2D eigenvalue weighted by Gasteiger charge is 2.27. The Bertz CT molecular complexity index is 1520. The van der Waals surface area contributed by atoms with Gasteiger partial charge in [-0.05, 0) is 36.1 Å². The molecule has 0 bridgehead atoms. The third kappa shape index (κ3) is 4.25. The van der Waals surface area contributed by atoms with Crippen LogP contribution >= 0.6 is 0 Å². The molecular weight excluding hydrogens is 444 g/mol. The molecule has 0 saturated carbocycles. The van der Waals surface area contributed by atoms with Crippen LogP contribution in [0.2, 0.25) is 0 Å². The highest BCUT2D eigenvalue weighted by molar-refractivity contribution is 6.22. The molecule has 4 aromatic carbocycles. The van der Waals surface area contributed by atoms with Crippen molar-refractivity contribution in [3.63, 3.8) is 0 Å². The molecule has 36 heavy (non-hydrogen) atoms. The van der Waals surface area contributed by atoms with E-state index in [1.165, 1.54) is 11.1 Å². The lowest BCUT2D eigenvalue weighted by Crippen LogP contribution is -2.07. The molecule has 0 aliphatic carbocycles. The zero-order valence-electron chi connectivity index (χ0n) is 19.9. The van der Waals surface area contributed by atoms with Gasteiger partial charge in [-0.2, -0.15) is 0 Å². The molecule has 2 heterocycles. The highest BCUT2D eigenvalue weighted by atomic mass is 16.3. The van der Waals surface area contributed by atoms with E-state index in [1.54, 1.807) is 0 Å². The van der Waals surface area contributed by atoms with E-state index < -0.39 is 0 Å². The molecule has 3 nitrogen and oxygen atoms in total. The van der Waals surface area contributed by atoms with Crippen molar-refractivity contribution in [2.24, 2.45) is 0 Å². The van der Waals surface area contributed by atoms with Gasteiger partial charge < -0.3 is 8.83 Å². The van der Waals surface area contributed by atoms with Gasteiger partial charge in [0.15, 0.2) is 0 Å². The summed E-state index contributed by atoms with van der Waals surface area (Å²) >= 11 is 0. The van der Waals surface area contributed by atoms with Crippen molar-refractivity contribution in [3.8, 4) is 0 Å². The third-order valence-electron chi connectivity index (χ3n) is 6.76. The fourth-order valence-corrected chi connectivity index (χ4v) is 4.97. The number of hydrogen-bond donors (Lipinski definition) is 0. The molecule has 0 radical (unpaired) electrons. The van der Waals surface area contributed by atoms with Crippen LogP contribution in [0.5, 0.6) is 0 Å². The molecule has 0 fully saturated rings. The van der Waals surface area contributed by atoms with Crippen molar-refractivity contribution < 1.29 is 13.6 Å². The van der Waals surface area contributed by atoms with Crippen LogP contribution in [-0.4, -0.2) is 5.78 Å². The maximum Gasteiger partial charge on any atom is 0.201 e. The smallest absolute Gasteiger partial charge is 0.201 e. The van der Waals surface area contributed by atoms with Crippen LogP contribution in [-0.2, 0) is 25.7 Å². The predicted octanol–water partition coefficient (Wildman–Crippen LogP) is 7.98. The van der Waals surface area contributed by atoms with Crippen molar-refractivity contribution in [1.82, 2.24) is 0 Å². The summed E-state index contributed by atoms with van der Waals surface area (Å²) in [5.41, 5.74) is 5.20. The van der Waals surface area contributed by atoms with Gasteiger partial charge in [0.2, 0.25) is 5.78 Å². The van der Waals surface area contributed by atoms with Crippen LogP contribution in [0.4, 0.5) is 0 Å². The number of carbonyl (C=O) groups excluding carboxylic acids is 1. The van der Waals surface area contributed by atoms with Crippen molar-refractivity contribution >= 4 is 27.7 Å². The van der Waals surface area contributed by atoms with Gasteiger partial charge in [-0.15, -0.1) is 0 Å². The summed E-state index contributed by atoms with van der Waals surface area (Å²) in [7, 11) is 0. The minimum Gasteiger partial charge on any atom is -0.460 e. The molecule has 0 saturated heterocycles. The average Bonchev–Trinajstić information content (AvgIpc) is 3.49. The molecule has 0 unspecified atom stereocenters. The Balaban J connectivity index is 1.43. The minimum absolute atomic E-state index is 0.0315. The number of rotatable bonds is 8. The first-order valence-electron chi connectivity index (χ1n) is 12.4. The molecule has 0 atom stereocenters. The molecule has 0 amide bonds. The molecule has 0 spiro atoms. The lowest BCUT2D eigenvalue weighted by Gasteiger charge is -2.06. The van der Waals surface area contributed by atoms with Gasteiger partial charge in [-0.1, -0.05) is 97.1 Å². The van der Waals surface area contributed by atoms with Gasteiger partial charge in [-0.25, -0.2) is 0 Å². The van der Waals surface area contributed by atoms with Gasteiger partial charge in [0.25, 0.3) is 0 Å². The second-order valence-corrected chi connectivity index (χ2v) is 9.09. The Hall–Kier alpha value is -4.37. The molecule has 6 aromatic rings. The predicted molar refractivity (Wildman–Crippen MR) is 144 cm³/mol. The van der Waals surface area contributed by atoms with Crippen molar-refractivity contribution in [2.45, 2.75) is 25.7 Å². The van der Waals surface area contributed by atoms with E-state index in [9.17, 15) is 4.79 Å². The Labute approximate surface area is 210 Å². The van der Waals surface area contributed by atoms with E-state index in [4.69, 9.17) is 8.83 Å². The summed E-state index contributed by atoms with van der Waals surface area (Å²) in [4.78, 5) is 14.3. The van der Waals surface area contributed by atoms with E-state index in [1.807, 2.05) is 84.9 Å². The second kappa shape index (κ2) is 9.71. The summed E-state index contributed by atoms with van der Waals surface area (Å²) in [6.45, 7) is 0. The highest BCUT2D eigenvalue weighted by Crippen LogP contribution is 2.34. The number of hydrogen-bond acceptors (Lipinski definition) is 3. The van der Waals surface area contributed by atoms with Crippen molar-refractivity contribution in [1.29, 1.82) is 0 Å². The zero-order valence-corrected chi connectivity index (χ0v) is 19.9. The van der Waals surface area contributed by atoms with Crippen LogP contribution in [0.25, 0.3) is 21.9 Å². The molecule has 3 heteroatoms.